The maximum Gasteiger partial charge on any atom is 0.303 e. The number of aliphatic carboxylic acids is 1. The maximum atomic E-state index is 10.3. The zero-order valence-electron chi connectivity index (χ0n) is 12.4. The average Bonchev–Trinajstić information content (AvgIpc) is 2.35. The number of carboxylic acids is 1. The Bertz CT molecular complexity index is 190. The van der Waals surface area contributed by atoms with Gasteiger partial charge in [0.05, 0.1) is 0 Å². The first-order valence-electron chi connectivity index (χ1n) is 7.88. The van der Waals surface area contributed by atoms with Crippen LogP contribution in [0.15, 0.2) is 0 Å². The van der Waals surface area contributed by atoms with Gasteiger partial charge in [-0.2, -0.15) is 0 Å². The molecule has 18 heavy (non-hydrogen) atoms. The molecule has 0 amide bonds. The normalized spacial score (nSPS) is 12.6. The molecule has 2 heteroatoms. The van der Waals surface area contributed by atoms with E-state index in [1.165, 1.54) is 57.8 Å². The standard InChI is InChI=1S/C16H32O2/c1-3-15(2)13-11-9-7-5-4-6-8-10-12-14-16(17)18/h15H,3-14H2,1-2H3,(H,17,18). The van der Waals surface area contributed by atoms with Gasteiger partial charge < -0.3 is 5.11 Å². The van der Waals surface area contributed by atoms with Gasteiger partial charge in [0.15, 0.2) is 0 Å². The van der Waals surface area contributed by atoms with E-state index >= 15 is 0 Å². The molecule has 0 aliphatic carbocycles. The third-order valence-corrected chi connectivity index (χ3v) is 3.78. The van der Waals surface area contributed by atoms with Crippen molar-refractivity contribution in [3.8, 4) is 0 Å². The van der Waals surface area contributed by atoms with Gasteiger partial charge in [0.25, 0.3) is 0 Å². The molecule has 0 heterocycles. The van der Waals surface area contributed by atoms with Gasteiger partial charge in [0, 0.05) is 6.42 Å². The molecule has 0 aliphatic heterocycles. The number of carboxylic acid groups (broad SMARTS) is 1. The van der Waals surface area contributed by atoms with Crippen molar-refractivity contribution in [1.82, 2.24) is 0 Å². The summed E-state index contributed by atoms with van der Waals surface area (Å²) in [6, 6.07) is 0. The first kappa shape index (κ1) is 17.5. The summed E-state index contributed by atoms with van der Waals surface area (Å²) in [6.45, 7) is 4.62. The largest absolute Gasteiger partial charge is 0.481 e. The molecule has 0 saturated carbocycles. The molecule has 0 aromatic rings. The molecule has 0 aromatic heterocycles. The quantitative estimate of drug-likeness (QED) is 0.447. The predicted molar refractivity (Wildman–Crippen MR) is 77.9 cm³/mol. The zero-order chi connectivity index (χ0) is 13.6. The summed E-state index contributed by atoms with van der Waals surface area (Å²) in [5.41, 5.74) is 0. The highest BCUT2D eigenvalue weighted by Crippen LogP contribution is 2.15. The second kappa shape index (κ2) is 12.9. The minimum Gasteiger partial charge on any atom is -0.481 e. The van der Waals surface area contributed by atoms with Gasteiger partial charge in [-0.15, -0.1) is 0 Å². The summed E-state index contributed by atoms with van der Waals surface area (Å²) in [7, 11) is 0. The second-order valence-electron chi connectivity index (χ2n) is 5.63. The first-order chi connectivity index (χ1) is 8.66. The number of rotatable bonds is 13. The molecular formula is C16H32O2. The van der Waals surface area contributed by atoms with Crippen LogP contribution in [0, 0.1) is 5.92 Å². The van der Waals surface area contributed by atoms with Crippen molar-refractivity contribution >= 4 is 5.97 Å². The van der Waals surface area contributed by atoms with Gasteiger partial charge >= 0.3 is 5.97 Å². The first-order valence-corrected chi connectivity index (χ1v) is 7.88. The molecule has 0 radical (unpaired) electrons. The van der Waals surface area contributed by atoms with Crippen LogP contribution in [0.1, 0.15) is 90.9 Å². The Hall–Kier alpha value is -0.530. The molecule has 1 N–H and O–H groups in total. The number of hydrogen-bond donors (Lipinski definition) is 1. The number of unbranched alkanes of at least 4 members (excludes halogenated alkanes) is 8. The lowest BCUT2D eigenvalue weighted by molar-refractivity contribution is -0.137. The molecule has 1 atom stereocenters. The second-order valence-corrected chi connectivity index (χ2v) is 5.63. The summed E-state index contributed by atoms with van der Waals surface area (Å²) in [6.07, 6.45) is 14.3. The molecule has 0 aromatic carbocycles. The topological polar surface area (TPSA) is 37.3 Å². The molecule has 1 unspecified atom stereocenters. The van der Waals surface area contributed by atoms with Crippen LogP contribution in [0.4, 0.5) is 0 Å². The smallest absolute Gasteiger partial charge is 0.303 e. The molecule has 0 saturated heterocycles. The van der Waals surface area contributed by atoms with E-state index in [1.54, 1.807) is 0 Å². The highest BCUT2D eigenvalue weighted by atomic mass is 16.4. The van der Waals surface area contributed by atoms with Crippen LogP contribution in [0.25, 0.3) is 0 Å². The van der Waals surface area contributed by atoms with Crippen LogP contribution in [-0.4, -0.2) is 11.1 Å². The summed E-state index contributed by atoms with van der Waals surface area (Å²) < 4.78 is 0. The highest BCUT2D eigenvalue weighted by molar-refractivity contribution is 5.66. The lowest BCUT2D eigenvalue weighted by Gasteiger charge is -2.07. The lowest BCUT2D eigenvalue weighted by atomic mass is 9.99. The minimum absolute atomic E-state index is 0.343. The van der Waals surface area contributed by atoms with Crippen molar-refractivity contribution in [1.29, 1.82) is 0 Å². The molecule has 0 bridgehead atoms. The molecule has 0 rings (SSSR count). The van der Waals surface area contributed by atoms with Gasteiger partial charge in [0.1, 0.15) is 0 Å². The van der Waals surface area contributed by atoms with Gasteiger partial charge in [-0.1, -0.05) is 78.1 Å². The van der Waals surface area contributed by atoms with Crippen molar-refractivity contribution in [2.24, 2.45) is 5.92 Å². The van der Waals surface area contributed by atoms with Crippen LogP contribution in [0.2, 0.25) is 0 Å². The zero-order valence-corrected chi connectivity index (χ0v) is 12.4. The lowest BCUT2D eigenvalue weighted by Crippen LogP contribution is -1.93. The van der Waals surface area contributed by atoms with E-state index in [1.807, 2.05) is 0 Å². The van der Waals surface area contributed by atoms with Crippen molar-refractivity contribution < 1.29 is 9.90 Å². The third kappa shape index (κ3) is 13.5. The molecule has 0 spiro atoms. The summed E-state index contributed by atoms with van der Waals surface area (Å²) >= 11 is 0. The highest BCUT2D eigenvalue weighted by Gasteiger charge is 1.99. The summed E-state index contributed by atoms with van der Waals surface area (Å²) in [5.74, 6) is 0.246. The minimum atomic E-state index is -0.656. The summed E-state index contributed by atoms with van der Waals surface area (Å²) in [5, 5.41) is 8.49. The van der Waals surface area contributed by atoms with Gasteiger partial charge in [-0.25, -0.2) is 0 Å². The van der Waals surface area contributed by atoms with Gasteiger partial charge in [-0.05, 0) is 12.3 Å². The van der Waals surface area contributed by atoms with E-state index in [0.29, 0.717) is 6.42 Å². The Morgan fingerprint density at radius 3 is 1.78 bits per heavy atom. The van der Waals surface area contributed by atoms with Gasteiger partial charge in [0.2, 0.25) is 0 Å². The molecule has 2 nitrogen and oxygen atoms in total. The van der Waals surface area contributed by atoms with E-state index in [2.05, 4.69) is 13.8 Å². The molecule has 108 valence electrons. The predicted octanol–water partition coefficient (Wildman–Crippen LogP) is 5.41. The Kier molecular flexibility index (Phi) is 12.5. The Morgan fingerprint density at radius 1 is 0.889 bits per heavy atom. The van der Waals surface area contributed by atoms with E-state index in [4.69, 9.17) is 5.11 Å². The molecule has 0 fully saturated rings. The van der Waals surface area contributed by atoms with E-state index in [9.17, 15) is 4.79 Å². The van der Waals surface area contributed by atoms with E-state index < -0.39 is 5.97 Å². The van der Waals surface area contributed by atoms with Gasteiger partial charge in [-0.3, -0.25) is 4.79 Å². The monoisotopic (exact) mass is 256 g/mol. The number of hydrogen-bond acceptors (Lipinski definition) is 1. The van der Waals surface area contributed by atoms with Crippen molar-refractivity contribution in [3.63, 3.8) is 0 Å². The van der Waals surface area contributed by atoms with Crippen LogP contribution >= 0.6 is 0 Å². The third-order valence-electron chi connectivity index (χ3n) is 3.78. The van der Waals surface area contributed by atoms with E-state index in [0.717, 1.165) is 18.8 Å². The maximum absolute atomic E-state index is 10.3. The summed E-state index contributed by atoms with van der Waals surface area (Å²) in [4.78, 5) is 10.3. The number of carbonyl (C=O) groups is 1. The Balaban J connectivity index is 3.01. The SMILES string of the molecule is CCC(C)CCCCCCCCCCCC(=O)O. The molecule has 0 aliphatic rings. The van der Waals surface area contributed by atoms with Crippen molar-refractivity contribution in [3.05, 3.63) is 0 Å². The van der Waals surface area contributed by atoms with Crippen LogP contribution in [0.5, 0.6) is 0 Å². The Morgan fingerprint density at radius 2 is 1.33 bits per heavy atom. The fourth-order valence-corrected chi connectivity index (χ4v) is 2.21. The Labute approximate surface area is 113 Å². The van der Waals surface area contributed by atoms with E-state index in [-0.39, 0.29) is 0 Å². The van der Waals surface area contributed by atoms with Crippen molar-refractivity contribution in [2.75, 3.05) is 0 Å². The van der Waals surface area contributed by atoms with Crippen LogP contribution < -0.4 is 0 Å². The van der Waals surface area contributed by atoms with Crippen LogP contribution in [-0.2, 0) is 4.79 Å². The fraction of sp³-hybridized carbons (Fsp3) is 0.938. The average molecular weight is 256 g/mol. The molecular weight excluding hydrogens is 224 g/mol. The fourth-order valence-electron chi connectivity index (χ4n) is 2.21. The van der Waals surface area contributed by atoms with Crippen LogP contribution in [0.3, 0.4) is 0 Å². The van der Waals surface area contributed by atoms with Crippen molar-refractivity contribution in [2.45, 2.75) is 90.9 Å².